The van der Waals surface area contributed by atoms with Gasteiger partial charge in [-0.3, -0.25) is 4.79 Å². The third-order valence-corrected chi connectivity index (χ3v) is 4.08. The van der Waals surface area contributed by atoms with Crippen LogP contribution in [0.25, 0.3) is 0 Å². The monoisotopic (exact) mass is 213 g/mol. The van der Waals surface area contributed by atoms with Crippen LogP contribution in [0.1, 0.15) is 25.7 Å². The van der Waals surface area contributed by atoms with E-state index in [4.69, 9.17) is 4.74 Å². The van der Waals surface area contributed by atoms with Gasteiger partial charge in [0.25, 0.3) is 0 Å². The summed E-state index contributed by atoms with van der Waals surface area (Å²) in [6.07, 6.45) is 4.39. The number of carboxylic acids is 1. The molecule has 1 spiro atoms. The Morgan fingerprint density at radius 3 is 3.00 bits per heavy atom. The highest BCUT2D eigenvalue weighted by Gasteiger charge is 2.52. The first-order valence-electron chi connectivity index (χ1n) is 5.67. The van der Waals surface area contributed by atoms with Gasteiger partial charge in [-0.05, 0) is 12.8 Å². The van der Waals surface area contributed by atoms with E-state index in [2.05, 4.69) is 5.32 Å². The van der Waals surface area contributed by atoms with E-state index >= 15 is 0 Å². The number of carbonyl (C=O) groups is 1. The molecule has 1 aliphatic carbocycles. The van der Waals surface area contributed by atoms with Crippen LogP contribution < -0.4 is 5.32 Å². The fraction of sp³-hybridized carbons (Fsp3) is 0.909. The van der Waals surface area contributed by atoms with Gasteiger partial charge in [0.2, 0.25) is 0 Å². The lowest BCUT2D eigenvalue weighted by molar-refractivity contribution is -0.151. The van der Waals surface area contributed by atoms with Crippen LogP contribution in [0.15, 0.2) is 0 Å². The standard InChI is InChI=1S/C11H19NO3/c1-15-9-4-2-3-5-11(9)7-12-6-8(11)10(13)14/h8-9,12H,2-7H2,1H3,(H,13,14). The molecule has 4 nitrogen and oxygen atoms in total. The second kappa shape index (κ2) is 4.10. The highest BCUT2D eigenvalue weighted by atomic mass is 16.5. The molecule has 15 heavy (non-hydrogen) atoms. The lowest BCUT2D eigenvalue weighted by Gasteiger charge is -2.42. The summed E-state index contributed by atoms with van der Waals surface area (Å²) in [5.74, 6) is -0.952. The van der Waals surface area contributed by atoms with Crippen molar-refractivity contribution in [3.05, 3.63) is 0 Å². The summed E-state index contributed by atoms with van der Waals surface area (Å²) < 4.78 is 5.51. The van der Waals surface area contributed by atoms with Crippen LogP contribution in [0.5, 0.6) is 0 Å². The van der Waals surface area contributed by atoms with Gasteiger partial charge in [-0.15, -0.1) is 0 Å². The molecule has 3 atom stereocenters. The Balaban J connectivity index is 2.24. The predicted molar refractivity (Wildman–Crippen MR) is 55.7 cm³/mol. The van der Waals surface area contributed by atoms with E-state index in [1.807, 2.05) is 0 Å². The van der Waals surface area contributed by atoms with E-state index in [1.54, 1.807) is 7.11 Å². The number of ether oxygens (including phenoxy) is 1. The van der Waals surface area contributed by atoms with Gasteiger partial charge in [-0.2, -0.15) is 0 Å². The van der Waals surface area contributed by atoms with Gasteiger partial charge in [-0.1, -0.05) is 12.8 Å². The van der Waals surface area contributed by atoms with Crippen molar-refractivity contribution >= 4 is 5.97 Å². The largest absolute Gasteiger partial charge is 0.481 e. The lowest BCUT2D eigenvalue weighted by atomic mass is 9.65. The summed E-state index contributed by atoms with van der Waals surface area (Å²) >= 11 is 0. The third-order valence-electron chi connectivity index (χ3n) is 4.08. The van der Waals surface area contributed by atoms with Gasteiger partial charge in [0.05, 0.1) is 12.0 Å². The maximum Gasteiger partial charge on any atom is 0.308 e. The average Bonchev–Trinajstić information content (AvgIpc) is 2.63. The van der Waals surface area contributed by atoms with Crippen molar-refractivity contribution in [1.82, 2.24) is 5.32 Å². The molecule has 0 radical (unpaired) electrons. The van der Waals surface area contributed by atoms with Gasteiger partial charge in [0, 0.05) is 25.6 Å². The van der Waals surface area contributed by atoms with Crippen LogP contribution in [0.4, 0.5) is 0 Å². The minimum atomic E-state index is -0.677. The minimum absolute atomic E-state index is 0.113. The molecule has 3 unspecified atom stereocenters. The first-order chi connectivity index (χ1) is 7.20. The predicted octanol–water partition coefficient (Wildman–Crippen LogP) is 0.866. The highest BCUT2D eigenvalue weighted by molar-refractivity contribution is 5.72. The topological polar surface area (TPSA) is 58.6 Å². The van der Waals surface area contributed by atoms with Crippen molar-refractivity contribution in [2.24, 2.45) is 11.3 Å². The Kier molecular flexibility index (Phi) is 2.98. The number of aliphatic carboxylic acids is 1. The fourth-order valence-electron chi connectivity index (χ4n) is 3.29. The number of nitrogens with one attached hydrogen (secondary N) is 1. The molecule has 1 saturated heterocycles. The van der Waals surface area contributed by atoms with Crippen LogP contribution in [0, 0.1) is 11.3 Å². The first kappa shape index (κ1) is 10.9. The molecule has 0 aromatic heterocycles. The molecule has 0 aromatic rings. The zero-order chi connectivity index (χ0) is 10.9. The summed E-state index contributed by atoms with van der Waals surface area (Å²) in [5, 5.41) is 12.5. The van der Waals surface area contributed by atoms with E-state index in [0.29, 0.717) is 6.54 Å². The second-order valence-electron chi connectivity index (χ2n) is 4.73. The second-order valence-corrected chi connectivity index (χ2v) is 4.73. The zero-order valence-corrected chi connectivity index (χ0v) is 9.16. The third kappa shape index (κ3) is 1.66. The van der Waals surface area contributed by atoms with Crippen LogP contribution >= 0.6 is 0 Å². The Labute approximate surface area is 90.0 Å². The van der Waals surface area contributed by atoms with E-state index < -0.39 is 5.97 Å². The zero-order valence-electron chi connectivity index (χ0n) is 9.16. The molecule has 2 N–H and O–H groups in total. The number of hydrogen-bond acceptors (Lipinski definition) is 3. The number of carboxylic acid groups (broad SMARTS) is 1. The molecule has 1 aliphatic heterocycles. The highest BCUT2D eigenvalue weighted by Crippen LogP contribution is 2.46. The lowest BCUT2D eigenvalue weighted by Crippen LogP contribution is -2.47. The molecular formula is C11H19NO3. The van der Waals surface area contributed by atoms with Gasteiger partial charge >= 0.3 is 5.97 Å². The number of methoxy groups -OCH3 is 1. The molecule has 0 amide bonds. The van der Waals surface area contributed by atoms with Crippen LogP contribution in [0.3, 0.4) is 0 Å². The molecule has 2 fully saturated rings. The van der Waals surface area contributed by atoms with Gasteiger partial charge in [0.1, 0.15) is 0 Å². The first-order valence-corrected chi connectivity index (χ1v) is 5.67. The smallest absolute Gasteiger partial charge is 0.308 e. The Hall–Kier alpha value is -0.610. The molecule has 2 rings (SSSR count). The van der Waals surface area contributed by atoms with Crippen LogP contribution in [0.2, 0.25) is 0 Å². The normalized spacial score (nSPS) is 40.9. The van der Waals surface area contributed by atoms with Crippen LogP contribution in [-0.4, -0.2) is 37.4 Å². The summed E-state index contributed by atoms with van der Waals surface area (Å²) in [7, 11) is 1.70. The molecule has 86 valence electrons. The Morgan fingerprint density at radius 1 is 1.53 bits per heavy atom. The number of hydrogen-bond donors (Lipinski definition) is 2. The van der Waals surface area contributed by atoms with E-state index in [1.165, 1.54) is 0 Å². The minimum Gasteiger partial charge on any atom is -0.481 e. The summed E-state index contributed by atoms with van der Waals surface area (Å²) in [4.78, 5) is 11.2. The summed E-state index contributed by atoms with van der Waals surface area (Å²) in [6.45, 7) is 1.39. The van der Waals surface area contributed by atoms with Crippen molar-refractivity contribution in [3.63, 3.8) is 0 Å². The number of rotatable bonds is 2. The van der Waals surface area contributed by atoms with Crippen molar-refractivity contribution in [1.29, 1.82) is 0 Å². The molecule has 1 saturated carbocycles. The quantitative estimate of drug-likeness (QED) is 0.714. The van der Waals surface area contributed by atoms with Gasteiger partial charge in [-0.25, -0.2) is 0 Å². The van der Waals surface area contributed by atoms with Gasteiger partial charge < -0.3 is 15.2 Å². The van der Waals surface area contributed by atoms with Crippen molar-refractivity contribution in [3.8, 4) is 0 Å². The maximum atomic E-state index is 11.2. The molecule has 0 bridgehead atoms. The van der Waals surface area contributed by atoms with Crippen molar-refractivity contribution in [2.75, 3.05) is 20.2 Å². The van der Waals surface area contributed by atoms with Crippen molar-refractivity contribution in [2.45, 2.75) is 31.8 Å². The van der Waals surface area contributed by atoms with E-state index in [9.17, 15) is 9.90 Å². The molecular weight excluding hydrogens is 194 g/mol. The van der Waals surface area contributed by atoms with E-state index in [-0.39, 0.29) is 17.4 Å². The fourth-order valence-corrected chi connectivity index (χ4v) is 3.29. The maximum absolute atomic E-state index is 11.2. The molecule has 1 heterocycles. The molecule has 4 heteroatoms. The Bertz CT molecular complexity index is 256. The molecule has 2 aliphatic rings. The summed E-state index contributed by atoms with van der Waals surface area (Å²) in [5.41, 5.74) is -0.154. The molecule has 0 aromatic carbocycles. The Morgan fingerprint density at radius 2 is 2.33 bits per heavy atom. The average molecular weight is 213 g/mol. The SMILES string of the molecule is COC1CCCCC12CNCC2C(=O)O. The van der Waals surface area contributed by atoms with Crippen LogP contribution in [-0.2, 0) is 9.53 Å². The van der Waals surface area contributed by atoms with Gasteiger partial charge in [0.15, 0.2) is 0 Å². The van der Waals surface area contributed by atoms with Crippen molar-refractivity contribution < 1.29 is 14.6 Å². The summed E-state index contributed by atoms with van der Waals surface area (Å²) in [6, 6.07) is 0. The van der Waals surface area contributed by atoms with E-state index in [0.717, 1.165) is 32.2 Å².